The first-order chi connectivity index (χ1) is 20.5. The first kappa shape index (κ1) is 23.7. The standard InChI is InChI=1S/C34H28N4O4/c39-32-29-24(15-35-32)27-22-9-3-5-11-25(22)37-17-34(41,18-38-26-12-6-4-10-23(26)28(29)31(38)30(27)37)19-42-33(40)36-14-13-20-7-1-2-8-21(20)16-36/h1-12,15,35,39,41H,13-14,16-19H2. The van der Waals surface area contributed by atoms with Crippen LogP contribution in [0.15, 0.2) is 79.0 Å². The number of benzene rings is 4. The second-order valence-electron chi connectivity index (χ2n) is 11.8. The number of hydrogen-bond acceptors (Lipinski definition) is 4. The van der Waals surface area contributed by atoms with Gasteiger partial charge in [-0.3, -0.25) is 0 Å². The Morgan fingerprint density at radius 1 is 0.810 bits per heavy atom. The monoisotopic (exact) mass is 556 g/mol. The number of H-pyrrole nitrogens is 1. The molecule has 0 saturated carbocycles. The van der Waals surface area contributed by atoms with E-state index in [9.17, 15) is 15.0 Å². The largest absolute Gasteiger partial charge is 0.494 e. The SMILES string of the molecule is O=C(OCC1(O)Cn2c3ccccc3c3c4c[nH]c(O)c4c4c5ccccc5n(c4c32)C1)N1CCc2ccccc2C1. The van der Waals surface area contributed by atoms with Crippen LogP contribution >= 0.6 is 0 Å². The van der Waals surface area contributed by atoms with Crippen molar-refractivity contribution in [3.8, 4) is 5.88 Å². The number of aromatic nitrogens is 3. The first-order valence-corrected chi connectivity index (χ1v) is 14.4. The predicted molar refractivity (Wildman–Crippen MR) is 163 cm³/mol. The third-order valence-corrected chi connectivity index (χ3v) is 9.30. The molecule has 2 aliphatic rings. The number of para-hydroxylation sites is 2. The molecular formula is C34H28N4O4. The van der Waals surface area contributed by atoms with E-state index in [-0.39, 0.29) is 25.6 Å². The lowest BCUT2D eigenvalue weighted by atomic mass is 10.0. The molecule has 0 radical (unpaired) electrons. The minimum atomic E-state index is -1.38. The molecule has 0 aliphatic carbocycles. The molecule has 7 aromatic rings. The normalized spacial score (nSPS) is 18.5. The van der Waals surface area contributed by atoms with Crippen molar-refractivity contribution < 1.29 is 19.7 Å². The maximum absolute atomic E-state index is 13.3. The molecule has 0 bridgehead atoms. The molecule has 42 heavy (non-hydrogen) atoms. The van der Waals surface area contributed by atoms with E-state index >= 15 is 0 Å². The van der Waals surface area contributed by atoms with Gasteiger partial charge in [0, 0.05) is 57.3 Å². The average molecular weight is 557 g/mol. The Bertz CT molecular complexity index is 2260. The third-order valence-electron chi connectivity index (χ3n) is 9.30. The van der Waals surface area contributed by atoms with Crippen LogP contribution in [0.3, 0.4) is 0 Å². The van der Waals surface area contributed by atoms with Gasteiger partial charge in [-0.1, -0.05) is 60.7 Å². The van der Waals surface area contributed by atoms with Crippen LogP contribution in [0, 0.1) is 0 Å². The molecule has 8 heteroatoms. The lowest BCUT2D eigenvalue weighted by molar-refractivity contribution is -0.0489. The molecular weight excluding hydrogens is 528 g/mol. The molecule has 3 N–H and O–H groups in total. The number of aromatic hydroxyl groups is 1. The van der Waals surface area contributed by atoms with E-state index in [0.29, 0.717) is 13.1 Å². The van der Waals surface area contributed by atoms with E-state index in [0.717, 1.165) is 66.4 Å². The third kappa shape index (κ3) is 3.12. The van der Waals surface area contributed by atoms with Crippen LogP contribution in [0.5, 0.6) is 5.88 Å². The second-order valence-corrected chi connectivity index (χ2v) is 11.8. The van der Waals surface area contributed by atoms with Crippen LogP contribution in [-0.2, 0) is 30.8 Å². The molecule has 208 valence electrons. The molecule has 2 aliphatic heterocycles. The van der Waals surface area contributed by atoms with Crippen LogP contribution < -0.4 is 0 Å². The Balaban J connectivity index is 1.21. The number of ether oxygens (including phenoxy) is 1. The molecule has 0 saturated heterocycles. The van der Waals surface area contributed by atoms with Gasteiger partial charge in [-0.2, -0.15) is 0 Å². The molecule has 0 spiro atoms. The summed E-state index contributed by atoms with van der Waals surface area (Å²) in [7, 11) is 0. The Morgan fingerprint density at radius 3 is 2.17 bits per heavy atom. The van der Waals surface area contributed by atoms with Gasteiger partial charge in [-0.15, -0.1) is 0 Å². The van der Waals surface area contributed by atoms with E-state index < -0.39 is 11.7 Å². The maximum atomic E-state index is 13.3. The lowest BCUT2D eigenvalue weighted by Gasteiger charge is -2.31. The van der Waals surface area contributed by atoms with Crippen molar-refractivity contribution in [3.05, 3.63) is 90.1 Å². The first-order valence-electron chi connectivity index (χ1n) is 14.4. The number of nitrogens with one attached hydrogen (secondary N) is 1. The highest BCUT2D eigenvalue weighted by molar-refractivity contribution is 6.36. The Hall–Kier alpha value is -4.95. The minimum absolute atomic E-state index is 0.128. The van der Waals surface area contributed by atoms with Gasteiger partial charge in [0.05, 0.1) is 29.5 Å². The van der Waals surface area contributed by atoms with Crippen LogP contribution in [-0.4, -0.2) is 54.1 Å². The quantitative estimate of drug-likeness (QED) is 0.242. The van der Waals surface area contributed by atoms with Crippen molar-refractivity contribution in [2.24, 2.45) is 0 Å². The number of nitrogens with zero attached hydrogens (tertiary/aromatic N) is 3. The van der Waals surface area contributed by atoms with Gasteiger partial charge in [-0.05, 0) is 29.7 Å². The zero-order chi connectivity index (χ0) is 28.2. The highest BCUT2D eigenvalue weighted by Gasteiger charge is 2.38. The van der Waals surface area contributed by atoms with E-state index in [1.165, 1.54) is 5.56 Å². The van der Waals surface area contributed by atoms with Crippen molar-refractivity contribution in [1.82, 2.24) is 19.0 Å². The zero-order valence-corrected chi connectivity index (χ0v) is 22.8. The number of amides is 1. The molecule has 8 nitrogen and oxygen atoms in total. The predicted octanol–water partition coefficient (Wildman–Crippen LogP) is 6.03. The number of carbonyl (C=O) groups excluding carboxylic acids is 1. The Kier molecular flexibility index (Phi) is 4.69. The molecule has 5 heterocycles. The topological polar surface area (TPSA) is 95.6 Å². The summed E-state index contributed by atoms with van der Waals surface area (Å²) in [5, 5.41) is 29.1. The van der Waals surface area contributed by atoms with Crippen molar-refractivity contribution in [3.63, 3.8) is 0 Å². The molecule has 1 unspecified atom stereocenters. The summed E-state index contributed by atoms with van der Waals surface area (Å²) in [6.07, 6.45) is 2.24. The second kappa shape index (κ2) is 8.30. The fourth-order valence-corrected chi connectivity index (χ4v) is 7.48. The highest BCUT2D eigenvalue weighted by Crippen LogP contribution is 2.48. The smallest absolute Gasteiger partial charge is 0.410 e. The van der Waals surface area contributed by atoms with Crippen LogP contribution in [0.1, 0.15) is 11.1 Å². The van der Waals surface area contributed by atoms with Crippen molar-refractivity contribution in [2.45, 2.75) is 31.7 Å². The molecule has 0 fully saturated rings. The number of aromatic amines is 1. The Morgan fingerprint density at radius 2 is 1.43 bits per heavy atom. The number of rotatable bonds is 2. The summed E-state index contributed by atoms with van der Waals surface area (Å²) in [6.45, 7) is 1.42. The van der Waals surface area contributed by atoms with E-state index in [1.807, 2.05) is 48.7 Å². The number of aliphatic hydroxyl groups is 1. The van der Waals surface area contributed by atoms with Gasteiger partial charge in [0.15, 0.2) is 5.88 Å². The molecule has 1 amide bonds. The minimum Gasteiger partial charge on any atom is -0.494 e. The van der Waals surface area contributed by atoms with Gasteiger partial charge >= 0.3 is 6.09 Å². The number of hydrogen-bond donors (Lipinski definition) is 3. The number of carbonyl (C=O) groups is 1. The highest BCUT2D eigenvalue weighted by atomic mass is 16.6. The molecule has 9 rings (SSSR count). The molecule has 3 aromatic heterocycles. The summed E-state index contributed by atoms with van der Waals surface area (Å²) < 4.78 is 10.2. The van der Waals surface area contributed by atoms with Gasteiger partial charge in [-0.25, -0.2) is 4.79 Å². The van der Waals surface area contributed by atoms with Gasteiger partial charge < -0.3 is 34.0 Å². The summed E-state index contributed by atoms with van der Waals surface area (Å²) in [5.74, 6) is 0.128. The molecule has 4 aromatic carbocycles. The fraction of sp³-hybridized carbons (Fsp3) is 0.206. The van der Waals surface area contributed by atoms with E-state index in [1.54, 1.807) is 4.90 Å². The van der Waals surface area contributed by atoms with Crippen molar-refractivity contribution in [2.75, 3.05) is 13.2 Å². The van der Waals surface area contributed by atoms with E-state index in [2.05, 4.69) is 44.5 Å². The van der Waals surface area contributed by atoms with Gasteiger partial charge in [0.1, 0.15) is 12.2 Å². The summed E-state index contributed by atoms with van der Waals surface area (Å²) >= 11 is 0. The van der Waals surface area contributed by atoms with Crippen LogP contribution in [0.4, 0.5) is 4.79 Å². The molecule has 1 atom stereocenters. The Labute approximate surface area is 239 Å². The van der Waals surface area contributed by atoms with Crippen molar-refractivity contribution in [1.29, 1.82) is 0 Å². The summed E-state index contributed by atoms with van der Waals surface area (Å²) in [5.41, 5.74) is 4.91. The van der Waals surface area contributed by atoms with Gasteiger partial charge in [0.25, 0.3) is 0 Å². The lowest BCUT2D eigenvalue weighted by Crippen LogP contribution is -2.45. The fourth-order valence-electron chi connectivity index (χ4n) is 7.48. The summed E-state index contributed by atoms with van der Waals surface area (Å²) in [4.78, 5) is 18.1. The average Bonchev–Trinajstić information content (AvgIpc) is 3.62. The van der Waals surface area contributed by atoms with Crippen molar-refractivity contribution >= 4 is 60.5 Å². The zero-order valence-electron chi connectivity index (χ0n) is 22.8. The van der Waals surface area contributed by atoms with Crippen LogP contribution in [0.2, 0.25) is 0 Å². The van der Waals surface area contributed by atoms with Crippen LogP contribution in [0.25, 0.3) is 54.4 Å². The maximum Gasteiger partial charge on any atom is 0.410 e. The number of fused-ring (bicyclic) bond motifs is 10. The van der Waals surface area contributed by atoms with Gasteiger partial charge in [0.2, 0.25) is 0 Å². The summed E-state index contributed by atoms with van der Waals surface area (Å²) in [6, 6.07) is 24.4. The van der Waals surface area contributed by atoms with E-state index in [4.69, 9.17) is 4.74 Å².